The van der Waals surface area contributed by atoms with Crippen LogP contribution in [0.3, 0.4) is 0 Å². The van der Waals surface area contributed by atoms with Gasteiger partial charge in [-0.05, 0) is 30.4 Å². The van der Waals surface area contributed by atoms with Crippen LogP contribution in [0.1, 0.15) is 38.3 Å². The van der Waals surface area contributed by atoms with Gasteiger partial charge in [-0.25, -0.2) is 14.4 Å². The smallest absolute Gasteiger partial charge is 0.408 e. The number of alkyl carbamates (subject to hydrolysis) is 1. The van der Waals surface area contributed by atoms with Crippen molar-refractivity contribution in [3.8, 4) is 0 Å². The number of benzene rings is 2. The van der Waals surface area contributed by atoms with E-state index < -0.39 is 42.3 Å². The lowest BCUT2D eigenvalue weighted by Crippen LogP contribution is -2.58. The van der Waals surface area contributed by atoms with Crippen molar-refractivity contribution in [3.63, 3.8) is 0 Å². The Kier molecular flexibility index (Phi) is 11.9. The Labute approximate surface area is 217 Å². The molecule has 37 heavy (non-hydrogen) atoms. The van der Waals surface area contributed by atoms with Crippen molar-refractivity contribution in [3.05, 3.63) is 71.8 Å². The third-order valence-electron chi connectivity index (χ3n) is 5.34. The number of hydrogen-bond acceptors (Lipinski definition) is 6. The van der Waals surface area contributed by atoms with E-state index in [0.29, 0.717) is 6.42 Å². The van der Waals surface area contributed by atoms with Gasteiger partial charge in [0.25, 0.3) is 0 Å². The van der Waals surface area contributed by atoms with Crippen LogP contribution in [-0.4, -0.2) is 49.4 Å². The van der Waals surface area contributed by atoms with Gasteiger partial charge in [-0.2, -0.15) is 0 Å². The molecule has 0 saturated heterocycles. The Morgan fingerprint density at radius 2 is 1.38 bits per heavy atom. The summed E-state index contributed by atoms with van der Waals surface area (Å²) in [4.78, 5) is 49.8. The van der Waals surface area contributed by atoms with Gasteiger partial charge < -0.3 is 30.7 Å². The largest absolute Gasteiger partial charge is 0.467 e. The molecule has 10 heteroatoms. The lowest BCUT2D eigenvalue weighted by Gasteiger charge is -2.25. The summed E-state index contributed by atoms with van der Waals surface area (Å²) < 4.78 is 9.91. The fourth-order valence-corrected chi connectivity index (χ4v) is 3.50. The molecule has 0 saturated carbocycles. The number of urea groups is 1. The lowest BCUT2D eigenvalue weighted by atomic mass is 10.0. The van der Waals surface area contributed by atoms with Gasteiger partial charge in [-0.1, -0.05) is 74.5 Å². The summed E-state index contributed by atoms with van der Waals surface area (Å²) >= 11 is 0. The van der Waals surface area contributed by atoms with Crippen molar-refractivity contribution in [1.82, 2.24) is 21.3 Å². The number of carbonyl (C=O) groups excluding carboxylic acids is 4. The summed E-state index contributed by atoms with van der Waals surface area (Å²) in [6.45, 7) is 5.41. The molecule has 0 fully saturated rings. The summed E-state index contributed by atoms with van der Waals surface area (Å²) in [6.07, 6.45) is -0.909. The number of rotatable bonds is 12. The molecule has 4 amide bonds. The van der Waals surface area contributed by atoms with Crippen molar-refractivity contribution in [1.29, 1.82) is 0 Å². The van der Waals surface area contributed by atoms with Crippen molar-refractivity contribution in [2.45, 2.75) is 58.5 Å². The topological polar surface area (TPSA) is 135 Å². The molecule has 0 radical (unpaired) electrons. The Morgan fingerprint density at radius 1 is 0.784 bits per heavy atom. The first-order chi connectivity index (χ1) is 17.7. The SMILES string of the molecule is COC(=O)[C@H](C)NC(=O)N[C@H](Cc1ccccc1)NC(=O)[C@H](CC(C)C)NC(=O)OCc1ccccc1. The molecule has 0 aliphatic heterocycles. The van der Waals surface area contributed by atoms with Crippen molar-refractivity contribution < 1.29 is 28.7 Å². The minimum absolute atomic E-state index is 0.0689. The zero-order valence-corrected chi connectivity index (χ0v) is 21.7. The van der Waals surface area contributed by atoms with Crippen LogP contribution in [-0.2, 0) is 32.1 Å². The zero-order chi connectivity index (χ0) is 27.2. The predicted molar refractivity (Wildman–Crippen MR) is 138 cm³/mol. The number of amides is 4. The highest BCUT2D eigenvalue weighted by atomic mass is 16.5. The number of esters is 1. The molecule has 0 spiro atoms. The lowest BCUT2D eigenvalue weighted by molar-refractivity contribution is -0.142. The van der Waals surface area contributed by atoms with Gasteiger partial charge in [-0.15, -0.1) is 0 Å². The summed E-state index contributed by atoms with van der Waals surface area (Å²) in [6, 6.07) is 16.1. The van der Waals surface area contributed by atoms with Gasteiger partial charge in [0.2, 0.25) is 5.91 Å². The van der Waals surface area contributed by atoms with Crippen LogP contribution < -0.4 is 21.3 Å². The Hall–Kier alpha value is -4.08. The maximum atomic E-state index is 13.2. The molecule has 0 aliphatic rings. The Balaban J connectivity index is 2.07. The normalized spacial score (nSPS) is 13.0. The van der Waals surface area contributed by atoms with Crippen LogP contribution >= 0.6 is 0 Å². The van der Waals surface area contributed by atoms with Gasteiger partial charge in [0, 0.05) is 6.42 Å². The summed E-state index contributed by atoms with van der Waals surface area (Å²) in [5.41, 5.74) is 1.69. The molecule has 0 aliphatic carbocycles. The van der Waals surface area contributed by atoms with Gasteiger partial charge in [-0.3, -0.25) is 4.79 Å². The van der Waals surface area contributed by atoms with Crippen LogP contribution in [0.25, 0.3) is 0 Å². The predicted octanol–water partition coefficient (Wildman–Crippen LogP) is 2.87. The highest BCUT2D eigenvalue weighted by molar-refractivity contribution is 5.87. The van der Waals surface area contributed by atoms with Crippen LogP contribution in [0.4, 0.5) is 9.59 Å². The number of hydrogen-bond donors (Lipinski definition) is 4. The fraction of sp³-hybridized carbons (Fsp3) is 0.407. The van der Waals surface area contributed by atoms with E-state index in [0.717, 1.165) is 11.1 Å². The van der Waals surface area contributed by atoms with Gasteiger partial charge in [0.05, 0.1) is 7.11 Å². The molecule has 2 aromatic carbocycles. The summed E-state index contributed by atoms with van der Waals surface area (Å²) in [5, 5.41) is 10.6. The standard InChI is InChI=1S/C27H36N4O6/c1-18(2)15-22(29-27(35)37-17-21-13-9-6-10-14-21)24(32)30-23(16-20-11-7-5-8-12-20)31-26(34)28-19(3)25(33)36-4/h5-14,18-19,22-23H,15-17H2,1-4H3,(H,29,35)(H,30,32)(H2,28,31,34)/t19-,22-,23+/m0/s1. The highest BCUT2D eigenvalue weighted by Gasteiger charge is 2.26. The molecule has 0 aromatic heterocycles. The molecule has 4 N–H and O–H groups in total. The van der Waals surface area contributed by atoms with Crippen molar-refractivity contribution >= 4 is 24.0 Å². The first kappa shape index (κ1) is 29.2. The Bertz CT molecular complexity index is 1020. The molecule has 10 nitrogen and oxygen atoms in total. The molecule has 2 rings (SSSR count). The number of nitrogens with one attached hydrogen (secondary N) is 4. The maximum Gasteiger partial charge on any atom is 0.408 e. The van der Waals surface area contributed by atoms with Crippen molar-refractivity contribution in [2.24, 2.45) is 5.92 Å². The number of methoxy groups -OCH3 is 1. The minimum Gasteiger partial charge on any atom is -0.467 e. The molecule has 2 aromatic rings. The van der Waals surface area contributed by atoms with Crippen LogP contribution in [0.15, 0.2) is 60.7 Å². The second-order valence-corrected chi connectivity index (χ2v) is 9.00. The molecule has 0 bridgehead atoms. The van der Waals surface area contributed by atoms with Gasteiger partial charge >= 0.3 is 18.1 Å². The number of ether oxygens (including phenoxy) is 2. The molecular weight excluding hydrogens is 476 g/mol. The Morgan fingerprint density at radius 3 is 1.95 bits per heavy atom. The van der Waals surface area contributed by atoms with Gasteiger partial charge in [0.1, 0.15) is 24.9 Å². The monoisotopic (exact) mass is 512 g/mol. The first-order valence-corrected chi connectivity index (χ1v) is 12.1. The maximum absolute atomic E-state index is 13.2. The molecule has 0 unspecified atom stereocenters. The van der Waals surface area contributed by atoms with E-state index >= 15 is 0 Å². The van der Waals surface area contributed by atoms with E-state index in [-0.39, 0.29) is 18.9 Å². The van der Waals surface area contributed by atoms with Crippen LogP contribution in [0.2, 0.25) is 0 Å². The first-order valence-electron chi connectivity index (χ1n) is 12.1. The van der Waals surface area contributed by atoms with Crippen LogP contribution in [0, 0.1) is 5.92 Å². The second-order valence-electron chi connectivity index (χ2n) is 9.00. The van der Waals surface area contributed by atoms with E-state index in [9.17, 15) is 19.2 Å². The fourth-order valence-electron chi connectivity index (χ4n) is 3.50. The van der Waals surface area contributed by atoms with E-state index in [1.807, 2.05) is 74.5 Å². The second kappa shape index (κ2) is 15.1. The van der Waals surface area contributed by atoms with E-state index in [2.05, 4.69) is 26.0 Å². The average Bonchev–Trinajstić information content (AvgIpc) is 2.87. The minimum atomic E-state index is -0.889. The zero-order valence-electron chi connectivity index (χ0n) is 21.7. The average molecular weight is 513 g/mol. The van der Waals surface area contributed by atoms with E-state index in [1.165, 1.54) is 14.0 Å². The summed E-state index contributed by atoms with van der Waals surface area (Å²) in [5.74, 6) is -0.989. The van der Waals surface area contributed by atoms with Crippen molar-refractivity contribution in [2.75, 3.05) is 7.11 Å². The van der Waals surface area contributed by atoms with E-state index in [1.54, 1.807) is 0 Å². The number of carbonyl (C=O) groups is 4. The highest BCUT2D eigenvalue weighted by Crippen LogP contribution is 2.08. The van der Waals surface area contributed by atoms with Gasteiger partial charge in [0.15, 0.2) is 0 Å². The summed E-state index contributed by atoms with van der Waals surface area (Å²) in [7, 11) is 1.23. The van der Waals surface area contributed by atoms with Crippen LogP contribution in [0.5, 0.6) is 0 Å². The van der Waals surface area contributed by atoms with E-state index in [4.69, 9.17) is 4.74 Å². The molecule has 3 atom stereocenters. The third-order valence-corrected chi connectivity index (χ3v) is 5.34. The third kappa shape index (κ3) is 11.0. The quantitative estimate of drug-likeness (QED) is 0.255. The molecular formula is C27H36N4O6. The molecule has 200 valence electrons. The molecule has 0 heterocycles.